The van der Waals surface area contributed by atoms with Crippen LogP contribution in [0.4, 0.5) is 0 Å². The van der Waals surface area contributed by atoms with Crippen molar-refractivity contribution >= 4 is 32.8 Å². The van der Waals surface area contributed by atoms with E-state index in [-0.39, 0.29) is 49.0 Å². The number of fused-ring (bicyclic) bond motifs is 4. The van der Waals surface area contributed by atoms with Crippen LogP contribution in [0.5, 0.6) is 11.5 Å². The molecule has 0 amide bonds. The number of para-hydroxylation sites is 4. The Kier molecular flexibility index (Phi) is 9.35. The molecule has 0 bridgehead atoms. The first kappa shape index (κ1) is 35.2. The second-order valence-electron chi connectivity index (χ2n) is 17.2. The van der Waals surface area contributed by atoms with Gasteiger partial charge in [-0.15, -0.1) is 23.6 Å². The van der Waals surface area contributed by atoms with Crippen LogP contribution < -0.4 is 9.30 Å². The number of hydrogen-bond donors (Lipinski definition) is 0. The smallest absolute Gasteiger partial charge is 0.268 e. The zero-order valence-electron chi connectivity index (χ0n) is 48.9. The Morgan fingerprint density at radius 2 is 1.15 bits per heavy atom. The summed E-state index contributed by atoms with van der Waals surface area (Å²) in [5.74, 6) is 1.46. The maximum atomic E-state index is 9.18. The summed E-state index contributed by atoms with van der Waals surface area (Å²) in [5, 5.41) is 1.98. The van der Waals surface area contributed by atoms with Gasteiger partial charge in [-0.1, -0.05) is 211 Å². The molecular formula is C67H44N4OPt-2. The maximum Gasteiger partial charge on any atom is 0.268 e. The van der Waals surface area contributed by atoms with Gasteiger partial charge >= 0.3 is 0 Å². The Bertz CT molecular complexity index is 4600. The topological polar surface area (TPSA) is 35.9 Å². The van der Waals surface area contributed by atoms with Crippen molar-refractivity contribution in [2.45, 2.75) is 6.92 Å². The minimum Gasteiger partial charge on any atom is -0.509 e. The van der Waals surface area contributed by atoms with E-state index in [1.54, 1.807) is 33.5 Å². The van der Waals surface area contributed by atoms with Gasteiger partial charge in [0.05, 0.1) is 30.4 Å². The summed E-state index contributed by atoms with van der Waals surface area (Å²) >= 11 is 0. The summed E-state index contributed by atoms with van der Waals surface area (Å²) in [4.78, 5) is 4.75. The summed E-state index contributed by atoms with van der Waals surface area (Å²) in [6.45, 7) is 2.10. The molecule has 5 nitrogen and oxygen atoms in total. The molecule has 0 aliphatic carbocycles. The van der Waals surface area contributed by atoms with Gasteiger partial charge < -0.3 is 13.9 Å². The largest absolute Gasteiger partial charge is 0.509 e. The van der Waals surface area contributed by atoms with Crippen LogP contribution >= 0.6 is 0 Å². The van der Waals surface area contributed by atoms with Crippen LogP contribution in [0.15, 0.2) is 249 Å². The van der Waals surface area contributed by atoms with E-state index < -0.39 is 60.4 Å². The Balaban J connectivity index is 0.00000680. The third-order valence-corrected chi connectivity index (χ3v) is 13.0. The number of rotatable bonds is 10. The number of nitrogens with zero attached hydrogens (tertiary/aromatic N) is 4. The molecule has 10 aromatic carbocycles. The van der Waals surface area contributed by atoms with E-state index in [0.717, 1.165) is 55.2 Å². The van der Waals surface area contributed by atoms with E-state index in [4.69, 9.17) is 17.9 Å². The fraction of sp³-hybridized carbons (Fsp3) is 0.0149. The van der Waals surface area contributed by atoms with E-state index in [2.05, 4.69) is 78.5 Å². The normalized spacial score (nSPS) is 13.2. The summed E-state index contributed by atoms with van der Waals surface area (Å²) in [6.07, 6.45) is 5.27. The molecule has 0 N–H and O–H groups in total. The molecule has 6 heteroatoms. The second kappa shape index (κ2) is 19.4. The van der Waals surface area contributed by atoms with Crippen molar-refractivity contribution in [1.29, 1.82) is 0 Å². The van der Waals surface area contributed by atoms with Crippen LogP contribution in [0, 0.1) is 25.4 Å². The molecule has 0 unspecified atom stereocenters. The number of pyridine rings is 1. The van der Waals surface area contributed by atoms with Gasteiger partial charge in [0.25, 0.3) is 6.33 Å². The molecule has 350 valence electrons. The van der Waals surface area contributed by atoms with Crippen molar-refractivity contribution < 1.29 is 44.1 Å². The van der Waals surface area contributed by atoms with Gasteiger partial charge in [-0.25, -0.2) is 4.98 Å². The molecule has 13 rings (SSSR count). The third-order valence-electron chi connectivity index (χ3n) is 13.0. The van der Waals surface area contributed by atoms with Crippen LogP contribution in [-0.2, 0) is 21.1 Å². The summed E-state index contributed by atoms with van der Waals surface area (Å²) in [7, 11) is 0. The molecule has 0 fully saturated rings. The second-order valence-corrected chi connectivity index (χ2v) is 17.2. The number of imidazole rings is 1. The van der Waals surface area contributed by atoms with Crippen molar-refractivity contribution in [2.75, 3.05) is 0 Å². The van der Waals surface area contributed by atoms with Crippen molar-refractivity contribution in [2.24, 2.45) is 0 Å². The zero-order chi connectivity index (χ0) is 56.7. The zero-order valence-corrected chi connectivity index (χ0v) is 41.2. The van der Waals surface area contributed by atoms with Gasteiger partial charge in [-0.05, 0) is 92.3 Å². The Morgan fingerprint density at radius 3 is 1.86 bits per heavy atom. The maximum absolute atomic E-state index is 9.18. The fourth-order valence-corrected chi connectivity index (χ4v) is 9.72. The summed E-state index contributed by atoms with van der Waals surface area (Å²) in [6, 6.07) is 60.6. The van der Waals surface area contributed by atoms with Crippen molar-refractivity contribution in [3.63, 3.8) is 0 Å². The molecule has 0 spiro atoms. The predicted molar refractivity (Wildman–Crippen MR) is 292 cm³/mol. The molecule has 73 heavy (non-hydrogen) atoms. The molecule has 0 aliphatic heterocycles. The van der Waals surface area contributed by atoms with Gasteiger partial charge in [0.1, 0.15) is 5.82 Å². The number of aromatic nitrogens is 4. The number of ether oxygens (including phenoxy) is 1. The van der Waals surface area contributed by atoms with Gasteiger partial charge in [-0.2, -0.15) is 18.2 Å². The third kappa shape index (κ3) is 8.24. The average molecular weight is 1130 g/mol. The average Bonchev–Trinajstić information content (AvgIpc) is 3.53. The Labute approximate surface area is 452 Å². The van der Waals surface area contributed by atoms with Crippen LogP contribution in [0.2, 0.25) is 0 Å². The van der Waals surface area contributed by atoms with Gasteiger partial charge in [-0.3, -0.25) is 4.57 Å². The van der Waals surface area contributed by atoms with Gasteiger partial charge in [0.15, 0.2) is 0 Å². The van der Waals surface area contributed by atoms with Crippen molar-refractivity contribution in [3.05, 3.63) is 273 Å². The first-order chi connectivity index (χ1) is 39.8. The molecule has 13 aromatic rings. The minimum atomic E-state index is -0.582. The first-order valence-corrected chi connectivity index (χ1v) is 23.4. The molecule has 3 aromatic heterocycles. The minimum absolute atomic E-state index is 0. The monoisotopic (exact) mass is 1130 g/mol. The van der Waals surface area contributed by atoms with Crippen molar-refractivity contribution in [3.8, 4) is 84.3 Å². The Hall–Kier alpha value is -8.89. The standard InChI is InChI=1S/C67H44N4O.Pt/c1-46-59(50-27-12-5-13-28-50)41-51(47-21-6-2-7-22-47)42-60(46)58-38-36-52(43-65(58)72-53-37-39-57-56-29-14-15-32-61(56)71(64(57)44-53)66-35-18-19-40-68-66)69-45-70(63-34-17-16-33-62(63)69)67-54(48-23-8-3-9-24-48)30-20-31-55(67)49-25-10-4-11-26-49;/h2-42H,1H3;/q-2;/i3D,4D,8D,9D,10D,11D,23D,24D,25D,26D;. The van der Waals surface area contributed by atoms with E-state index in [1.807, 2.05) is 115 Å². The molecule has 3 heterocycles. The predicted octanol–water partition coefficient (Wildman–Crippen LogP) is 16.2. The van der Waals surface area contributed by atoms with Crippen LogP contribution in [0.3, 0.4) is 0 Å². The number of hydrogen-bond acceptors (Lipinski definition) is 2. The van der Waals surface area contributed by atoms with Crippen molar-refractivity contribution in [1.82, 2.24) is 14.1 Å². The van der Waals surface area contributed by atoms with E-state index in [1.165, 1.54) is 0 Å². The summed E-state index contributed by atoms with van der Waals surface area (Å²) < 4.78 is 101. The van der Waals surface area contributed by atoms with Gasteiger partial charge in [0, 0.05) is 44.3 Å². The molecule has 0 aliphatic rings. The Morgan fingerprint density at radius 1 is 0.507 bits per heavy atom. The van der Waals surface area contributed by atoms with E-state index >= 15 is 0 Å². The summed E-state index contributed by atoms with van der Waals surface area (Å²) in [5.41, 5.74) is 10.0. The van der Waals surface area contributed by atoms with Crippen LogP contribution in [-0.4, -0.2) is 14.1 Å². The van der Waals surface area contributed by atoms with Gasteiger partial charge in [0.2, 0.25) is 0 Å². The van der Waals surface area contributed by atoms with Crippen LogP contribution in [0.25, 0.3) is 106 Å². The first-order valence-electron chi connectivity index (χ1n) is 28.4. The molecule has 0 radical (unpaired) electrons. The van der Waals surface area contributed by atoms with E-state index in [9.17, 15) is 5.48 Å². The quantitative estimate of drug-likeness (QED) is 0.101. The molecule has 0 saturated heterocycles. The molecule has 0 atom stereocenters. The fourth-order valence-electron chi connectivity index (χ4n) is 9.72. The van der Waals surface area contributed by atoms with Crippen LogP contribution in [0.1, 0.15) is 19.3 Å². The molecule has 0 saturated carbocycles. The van der Waals surface area contributed by atoms with E-state index in [0.29, 0.717) is 39.6 Å². The SMILES string of the molecule is [2H]c1c([2H])c([2H])c(-c2cccc(-c3c([2H])c([2H])c([2H])c([2H])c3[2H])c2-[n+]2[c-]n(-c3[c-]c(Oc4[c-]c5c(cc4)c4ccccc4n5-c4ccccn4)c(-c4cc(-c5ccccc5)cc(-c5ccccc5)c4C)cc3)c3ccccc32)c([2H])c1[2H].[Pt]. The number of benzene rings is 10. The molecular weight excluding hydrogens is 1070 g/mol.